The summed E-state index contributed by atoms with van der Waals surface area (Å²) in [6.07, 6.45) is 1.59. The predicted octanol–water partition coefficient (Wildman–Crippen LogP) is 1.43. The molecule has 0 aliphatic rings. The molecule has 1 aromatic heterocycles. The minimum absolute atomic E-state index is 0.287. The van der Waals surface area contributed by atoms with Crippen LogP contribution in [-0.4, -0.2) is 16.8 Å². The second-order valence-corrected chi connectivity index (χ2v) is 3.61. The molecule has 5 nitrogen and oxygen atoms in total. The molecule has 5 heteroatoms. The van der Waals surface area contributed by atoms with E-state index in [2.05, 4.69) is 10.3 Å². The lowest BCUT2D eigenvalue weighted by Crippen LogP contribution is -2.14. The molecule has 0 aliphatic carbocycles. The number of carbonyl (C=O) groups excluding carboxylic acids is 2. The number of nitrogens with one attached hydrogen (secondary N) is 1. The van der Waals surface area contributed by atoms with Crippen LogP contribution in [0.15, 0.2) is 48.7 Å². The van der Waals surface area contributed by atoms with Crippen LogP contribution in [0.2, 0.25) is 0 Å². The molecule has 0 radical (unpaired) electrons. The van der Waals surface area contributed by atoms with Gasteiger partial charge in [0.05, 0.1) is 0 Å². The number of aromatic nitrogens is 1. The molecular formula is C13H11N3O2. The third-order valence-corrected chi connectivity index (χ3v) is 2.34. The predicted molar refractivity (Wildman–Crippen MR) is 67.2 cm³/mol. The first kappa shape index (κ1) is 11.8. The summed E-state index contributed by atoms with van der Waals surface area (Å²) < 4.78 is 0. The molecule has 0 fully saturated rings. The number of carbonyl (C=O) groups is 2. The summed E-state index contributed by atoms with van der Waals surface area (Å²) in [7, 11) is 0. The summed E-state index contributed by atoms with van der Waals surface area (Å²) in [5.74, 6) is -0.335. The number of amides is 2. The Balaban J connectivity index is 2.12. The van der Waals surface area contributed by atoms with Crippen molar-refractivity contribution in [2.24, 2.45) is 5.73 Å². The normalized spacial score (nSPS) is 9.78. The number of hydrogen-bond acceptors (Lipinski definition) is 3. The van der Waals surface area contributed by atoms with Crippen LogP contribution in [0.1, 0.15) is 20.7 Å². The van der Waals surface area contributed by atoms with E-state index in [1.54, 1.807) is 36.5 Å². The highest BCUT2D eigenvalue weighted by Crippen LogP contribution is 2.07. The Bertz CT molecular complexity index is 565. The van der Waals surface area contributed by atoms with E-state index in [1.807, 2.05) is 0 Å². The summed E-state index contributed by atoms with van der Waals surface area (Å²) in [4.78, 5) is 26.7. The highest BCUT2D eigenvalue weighted by Gasteiger charge is 2.07. The maximum Gasteiger partial charge on any atom is 0.256 e. The van der Waals surface area contributed by atoms with Gasteiger partial charge in [0.15, 0.2) is 0 Å². The second-order valence-electron chi connectivity index (χ2n) is 3.61. The van der Waals surface area contributed by atoms with E-state index < -0.39 is 5.91 Å². The number of pyridine rings is 1. The van der Waals surface area contributed by atoms with Crippen molar-refractivity contribution < 1.29 is 9.59 Å². The van der Waals surface area contributed by atoms with Crippen LogP contribution >= 0.6 is 0 Å². The molecule has 90 valence electrons. The SMILES string of the molecule is NC(=O)c1ccc(C(=O)Nc2ccccn2)cc1. The zero-order chi connectivity index (χ0) is 13.0. The molecule has 1 heterocycles. The summed E-state index contributed by atoms with van der Waals surface area (Å²) in [6.45, 7) is 0. The first-order chi connectivity index (χ1) is 8.66. The van der Waals surface area contributed by atoms with Crippen LogP contribution in [0.4, 0.5) is 5.82 Å². The van der Waals surface area contributed by atoms with Gasteiger partial charge >= 0.3 is 0 Å². The van der Waals surface area contributed by atoms with E-state index in [1.165, 1.54) is 12.1 Å². The fraction of sp³-hybridized carbons (Fsp3) is 0. The van der Waals surface area contributed by atoms with Gasteiger partial charge in [-0.2, -0.15) is 0 Å². The molecule has 18 heavy (non-hydrogen) atoms. The van der Waals surface area contributed by atoms with E-state index in [0.29, 0.717) is 16.9 Å². The highest BCUT2D eigenvalue weighted by molar-refractivity contribution is 6.04. The van der Waals surface area contributed by atoms with Crippen LogP contribution in [0.5, 0.6) is 0 Å². The Kier molecular flexibility index (Phi) is 3.33. The standard InChI is InChI=1S/C13H11N3O2/c14-12(17)9-4-6-10(7-5-9)13(18)16-11-3-1-2-8-15-11/h1-8H,(H2,14,17)(H,15,16,18). The van der Waals surface area contributed by atoms with E-state index >= 15 is 0 Å². The zero-order valence-corrected chi connectivity index (χ0v) is 9.46. The largest absolute Gasteiger partial charge is 0.366 e. The van der Waals surface area contributed by atoms with Gasteiger partial charge in [0, 0.05) is 17.3 Å². The Morgan fingerprint density at radius 2 is 1.67 bits per heavy atom. The number of nitrogens with two attached hydrogens (primary N) is 1. The average Bonchev–Trinajstić information content (AvgIpc) is 2.40. The Morgan fingerprint density at radius 3 is 2.22 bits per heavy atom. The monoisotopic (exact) mass is 241 g/mol. The number of nitrogens with zero attached hydrogens (tertiary/aromatic N) is 1. The fourth-order valence-electron chi connectivity index (χ4n) is 1.41. The van der Waals surface area contributed by atoms with Crippen molar-refractivity contribution >= 4 is 17.6 Å². The van der Waals surface area contributed by atoms with E-state index in [9.17, 15) is 9.59 Å². The first-order valence-electron chi connectivity index (χ1n) is 5.29. The van der Waals surface area contributed by atoms with E-state index in [0.717, 1.165) is 0 Å². The van der Waals surface area contributed by atoms with Crippen molar-refractivity contribution in [1.82, 2.24) is 4.98 Å². The van der Waals surface area contributed by atoms with Crippen molar-refractivity contribution in [2.75, 3.05) is 5.32 Å². The van der Waals surface area contributed by atoms with Gasteiger partial charge in [-0.3, -0.25) is 9.59 Å². The molecular weight excluding hydrogens is 230 g/mol. The molecule has 2 amide bonds. The maximum atomic E-state index is 11.8. The minimum atomic E-state index is -0.522. The van der Waals surface area contributed by atoms with Gasteiger partial charge in [-0.25, -0.2) is 4.98 Å². The third kappa shape index (κ3) is 2.70. The molecule has 0 aliphatic heterocycles. The number of anilines is 1. The van der Waals surface area contributed by atoms with Gasteiger partial charge in [-0.05, 0) is 36.4 Å². The molecule has 3 N–H and O–H groups in total. The molecule has 0 bridgehead atoms. The number of benzene rings is 1. The molecule has 2 aromatic rings. The van der Waals surface area contributed by atoms with E-state index in [-0.39, 0.29) is 5.91 Å². The summed E-state index contributed by atoms with van der Waals surface area (Å²) >= 11 is 0. The quantitative estimate of drug-likeness (QED) is 0.852. The van der Waals surface area contributed by atoms with Crippen LogP contribution in [0.3, 0.4) is 0 Å². The first-order valence-corrected chi connectivity index (χ1v) is 5.29. The second kappa shape index (κ2) is 5.09. The number of hydrogen-bond donors (Lipinski definition) is 2. The number of rotatable bonds is 3. The van der Waals surface area contributed by atoms with E-state index in [4.69, 9.17) is 5.73 Å². The molecule has 0 atom stereocenters. The molecule has 1 aromatic carbocycles. The van der Waals surface area contributed by atoms with Crippen LogP contribution in [-0.2, 0) is 0 Å². The molecule has 2 rings (SSSR count). The Hall–Kier alpha value is -2.69. The van der Waals surface area contributed by atoms with Crippen molar-refractivity contribution in [3.8, 4) is 0 Å². The van der Waals surface area contributed by atoms with Crippen LogP contribution in [0, 0.1) is 0 Å². The topological polar surface area (TPSA) is 85.1 Å². The molecule has 0 saturated carbocycles. The lowest BCUT2D eigenvalue weighted by Gasteiger charge is -2.04. The van der Waals surface area contributed by atoms with Gasteiger partial charge < -0.3 is 11.1 Å². The maximum absolute atomic E-state index is 11.8. The van der Waals surface area contributed by atoms with Crippen LogP contribution in [0.25, 0.3) is 0 Å². The summed E-state index contributed by atoms with van der Waals surface area (Å²) in [5.41, 5.74) is 5.91. The Labute approximate surface area is 104 Å². The molecule has 0 saturated heterocycles. The number of primary amides is 1. The van der Waals surface area contributed by atoms with Gasteiger partial charge in [-0.1, -0.05) is 6.07 Å². The fourth-order valence-corrected chi connectivity index (χ4v) is 1.41. The van der Waals surface area contributed by atoms with Crippen molar-refractivity contribution in [2.45, 2.75) is 0 Å². The van der Waals surface area contributed by atoms with Crippen molar-refractivity contribution in [3.63, 3.8) is 0 Å². The third-order valence-electron chi connectivity index (χ3n) is 2.34. The lowest BCUT2D eigenvalue weighted by atomic mass is 10.1. The van der Waals surface area contributed by atoms with Crippen molar-refractivity contribution in [3.05, 3.63) is 59.8 Å². The summed E-state index contributed by atoms with van der Waals surface area (Å²) in [6, 6.07) is 11.3. The molecule has 0 unspecified atom stereocenters. The van der Waals surface area contributed by atoms with Crippen molar-refractivity contribution in [1.29, 1.82) is 0 Å². The zero-order valence-electron chi connectivity index (χ0n) is 9.46. The highest BCUT2D eigenvalue weighted by atomic mass is 16.2. The van der Waals surface area contributed by atoms with Crippen LogP contribution < -0.4 is 11.1 Å². The van der Waals surface area contributed by atoms with Gasteiger partial charge in [-0.15, -0.1) is 0 Å². The Morgan fingerprint density at radius 1 is 1.00 bits per heavy atom. The lowest BCUT2D eigenvalue weighted by molar-refractivity contribution is 0.0995. The average molecular weight is 241 g/mol. The smallest absolute Gasteiger partial charge is 0.256 e. The molecule has 0 spiro atoms. The van der Waals surface area contributed by atoms with Gasteiger partial charge in [0.1, 0.15) is 5.82 Å². The van der Waals surface area contributed by atoms with Gasteiger partial charge in [0.25, 0.3) is 5.91 Å². The van der Waals surface area contributed by atoms with Gasteiger partial charge in [0.2, 0.25) is 5.91 Å². The minimum Gasteiger partial charge on any atom is -0.366 e. The summed E-state index contributed by atoms with van der Waals surface area (Å²) in [5, 5.41) is 2.64.